The zero-order chi connectivity index (χ0) is 13.1. The molecule has 0 saturated carbocycles. The van der Waals surface area contributed by atoms with Gasteiger partial charge in [-0.2, -0.15) is 0 Å². The zero-order valence-electron chi connectivity index (χ0n) is 10.3. The van der Waals surface area contributed by atoms with Gasteiger partial charge in [0.05, 0.1) is 0 Å². The molecule has 0 aliphatic rings. The quantitative estimate of drug-likeness (QED) is 0.483. The average molecular weight is 255 g/mol. The maximum Gasteiger partial charge on any atom is 0.184 e. The SMILES string of the molecule is CC(C)(C)N(N)C(=S)NCc1ccc(F)cc1. The Morgan fingerprint density at radius 2 is 1.88 bits per heavy atom. The summed E-state index contributed by atoms with van der Waals surface area (Å²) in [4.78, 5) is 0. The molecule has 1 aromatic rings. The fourth-order valence-electron chi connectivity index (χ4n) is 1.17. The molecule has 0 fully saturated rings. The van der Waals surface area contributed by atoms with Crippen molar-refractivity contribution in [3.05, 3.63) is 35.6 Å². The maximum absolute atomic E-state index is 12.7. The van der Waals surface area contributed by atoms with Crippen LogP contribution in [0.3, 0.4) is 0 Å². The lowest BCUT2D eigenvalue weighted by Gasteiger charge is -2.33. The number of benzene rings is 1. The third-order valence-corrected chi connectivity index (χ3v) is 2.64. The molecule has 0 atom stereocenters. The topological polar surface area (TPSA) is 41.3 Å². The number of thiocarbonyl (C=S) groups is 1. The Kier molecular flexibility index (Phi) is 4.42. The van der Waals surface area contributed by atoms with Crippen molar-refractivity contribution in [3.8, 4) is 0 Å². The minimum absolute atomic E-state index is 0.229. The van der Waals surface area contributed by atoms with E-state index in [4.69, 9.17) is 18.1 Å². The second-order valence-corrected chi connectivity index (χ2v) is 5.21. The molecule has 1 aromatic carbocycles. The predicted octanol–water partition coefficient (Wildman–Crippen LogP) is 2.17. The number of halogens is 1. The molecule has 0 spiro atoms. The van der Waals surface area contributed by atoms with Gasteiger partial charge in [0.1, 0.15) is 5.82 Å². The summed E-state index contributed by atoms with van der Waals surface area (Å²) < 4.78 is 12.7. The van der Waals surface area contributed by atoms with Gasteiger partial charge in [0.15, 0.2) is 5.11 Å². The van der Waals surface area contributed by atoms with Gasteiger partial charge in [-0.3, -0.25) is 5.01 Å². The van der Waals surface area contributed by atoms with E-state index in [1.807, 2.05) is 20.8 Å². The van der Waals surface area contributed by atoms with E-state index in [0.717, 1.165) is 5.56 Å². The number of hydrazine groups is 1. The first kappa shape index (κ1) is 13.9. The summed E-state index contributed by atoms with van der Waals surface area (Å²) in [7, 11) is 0. The van der Waals surface area contributed by atoms with Crippen molar-refractivity contribution < 1.29 is 4.39 Å². The van der Waals surface area contributed by atoms with Crippen molar-refractivity contribution >= 4 is 17.3 Å². The molecule has 1 rings (SSSR count). The summed E-state index contributed by atoms with van der Waals surface area (Å²) in [6.07, 6.45) is 0. The van der Waals surface area contributed by atoms with E-state index >= 15 is 0 Å². The van der Waals surface area contributed by atoms with Crippen molar-refractivity contribution in [2.45, 2.75) is 32.9 Å². The van der Waals surface area contributed by atoms with Crippen molar-refractivity contribution in [1.82, 2.24) is 10.3 Å². The summed E-state index contributed by atoms with van der Waals surface area (Å²) in [5.74, 6) is 5.61. The van der Waals surface area contributed by atoms with E-state index in [1.165, 1.54) is 17.1 Å². The highest BCUT2D eigenvalue weighted by atomic mass is 32.1. The smallest absolute Gasteiger partial charge is 0.184 e. The third-order valence-electron chi connectivity index (χ3n) is 2.30. The molecule has 17 heavy (non-hydrogen) atoms. The molecular formula is C12H18FN3S. The standard InChI is InChI=1S/C12H18FN3S/c1-12(2,3)16(14)11(17)15-8-9-4-6-10(13)7-5-9/h4-7H,8,14H2,1-3H3,(H,15,17). The van der Waals surface area contributed by atoms with Crippen LogP contribution in [0.2, 0.25) is 0 Å². The molecule has 0 bridgehead atoms. The Balaban J connectivity index is 2.51. The Morgan fingerprint density at radius 3 is 2.35 bits per heavy atom. The lowest BCUT2D eigenvalue weighted by atomic mass is 10.1. The van der Waals surface area contributed by atoms with Crippen LogP contribution >= 0.6 is 12.2 Å². The molecule has 3 nitrogen and oxygen atoms in total. The summed E-state index contributed by atoms with van der Waals surface area (Å²) in [6, 6.07) is 6.26. The average Bonchev–Trinajstić information content (AvgIpc) is 2.25. The second-order valence-electron chi connectivity index (χ2n) is 4.83. The first-order chi connectivity index (χ1) is 7.80. The van der Waals surface area contributed by atoms with Crippen LogP contribution in [0.25, 0.3) is 0 Å². The lowest BCUT2D eigenvalue weighted by molar-refractivity contribution is 0.239. The van der Waals surface area contributed by atoms with Crippen molar-refractivity contribution in [3.63, 3.8) is 0 Å². The van der Waals surface area contributed by atoms with Crippen LogP contribution < -0.4 is 11.2 Å². The van der Waals surface area contributed by atoms with Crippen LogP contribution in [0.4, 0.5) is 4.39 Å². The van der Waals surface area contributed by atoms with Gasteiger partial charge in [-0.1, -0.05) is 12.1 Å². The molecule has 0 aliphatic heterocycles. The number of nitrogens with two attached hydrogens (primary N) is 1. The highest BCUT2D eigenvalue weighted by Crippen LogP contribution is 2.08. The minimum Gasteiger partial charge on any atom is -0.357 e. The Hall–Kier alpha value is -1.20. The van der Waals surface area contributed by atoms with E-state index in [9.17, 15) is 4.39 Å². The van der Waals surface area contributed by atoms with Gasteiger partial charge in [0.2, 0.25) is 0 Å². The van der Waals surface area contributed by atoms with Crippen LogP contribution in [0.1, 0.15) is 26.3 Å². The highest BCUT2D eigenvalue weighted by Gasteiger charge is 2.20. The van der Waals surface area contributed by atoms with Crippen LogP contribution in [-0.2, 0) is 6.54 Å². The number of hydrogen-bond acceptors (Lipinski definition) is 2. The van der Waals surface area contributed by atoms with Gasteiger partial charge in [-0.15, -0.1) is 0 Å². The van der Waals surface area contributed by atoms with Crippen LogP contribution in [-0.4, -0.2) is 15.7 Å². The summed E-state index contributed by atoms with van der Waals surface area (Å²) >= 11 is 5.17. The van der Waals surface area contributed by atoms with E-state index in [0.29, 0.717) is 11.7 Å². The molecular weight excluding hydrogens is 237 g/mol. The van der Waals surface area contributed by atoms with E-state index in [-0.39, 0.29) is 11.4 Å². The minimum atomic E-state index is -0.244. The molecule has 0 unspecified atom stereocenters. The maximum atomic E-state index is 12.7. The molecule has 0 amide bonds. The monoisotopic (exact) mass is 255 g/mol. The molecule has 5 heteroatoms. The molecule has 3 N–H and O–H groups in total. The lowest BCUT2D eigenvalue weighted by Crippen LogP contribution is -2.54. The zero-order valence-corrected chi connectivity index (χ0v) is 11.1. The summed E-state index contributed by atoms with van der Waals surface area (Å²) in [6.45, 7) is 6.44. The Morgan fingerprint density at radius 1 is 1.35 bits per heavy atom. The van der Waals surface area contributed by atoms with Gasteiger partial charge in [-0.05, 0) is 50.7 Å². The molecule has 0 saturated heterocycles. The van der Waals surface area contributed by atoms with Crippen LogP contribution in [0, 0.1) is 5.82 Å². The van der Waals surface area contributed by atoms with E-state index in [2.05, 4.69) is 5.32 Å². The Labute approximate surface area is 107 Å². The molecule has 0 radical (unpaired) electrons. The van der Waals surface area contributed by atoms with Gasteiger partial charge in [0, 0.05) is 12.1 Å². The summed E-state index contributed by atoms with van der Waals surface area (Å²) in [5.41, 5.74) is 0.725. The van der Waals surface area contributed by atoms with Gasteiger partial charge in [0.25, 0.3) is 0 Å². The number of nitrogens with one attached hydrogen (secondary N) is 1. The predicted molar refractivity (Wildman–Crippen MR) is 71.6 cm³/mol. The van der Waals surface area contributed by atoms with E-state index < -0.39 is 0 Å². The third kappa shape index (κ3) is 4.28. The summed E-state index contributed by atoms with van der Waals surface area (Å²) in [5, 5.41) is 5.01. The van der Waals surface area contributed by atoms with Gasteiger partial charge < -0.3 is 5.32 Å². The van der Waals surface area contributed by atoms with Crippen molar-refractivity contribution in [1.29, 1.82) is 0 Å². The molecule has 0 aliphatic carbocycles. The van der Waals surface area contributed by atoms with Crippen molar-refractivity contribution in [2.24, 2.45) is 5.84 Å². The normalized spacial score (nSPS) is 11.1. The molecule has 0 aromatic heterocycles. The molecule has 0 heterocycles. The first-order valence-corrected chi connectivity index (χ1v) is 5.79. The number of nitrogens with zero attached hydrogens (tertiary/aromatic N) is 1. The fraction of sp³-hybridized carbons (Fsp3) is 0.417. The highest BCUT2D eigenvalue weighted by molar-refractivity contribution is 7.80. The number of hydrogen-bond donors (Lipinski definition) is 2. The fourth-order valence-corrected chi connectivity index (χ4v) is 1.52. The van der Waals surface area contributed by atoms with Crippen molar-refractivity contribution in [2.75, 3.05) is 0 Å². The van der Waals surface area contributed by atoms with Crippen LogP contribution in [0.15, 0.2) is 24.3 Å². The van der Waals surface area contributed by atoms with Crippen LogP contribution in [0.5, 0.6) is 0 Å². The second kappa shape index (κ2) is 5.42. The number of rotatable bonds is 2. The Bertz CT molecular complexity index is 384. The largest absolute Gasteiger partial charge is 0.357 e. The molecule has 94 valence electrons. The van der Waals surface area contributed by atoms with Gasteiger partial charge >= 0.3 is 0 Å². The van der Waals surface area contributed by atoms with E-state index in [1.54, 1.807) is 12.1 Å². The first-order valence-electron chi connectivity index (χ1n) is 5.38. The van der Waals surface area contributed by atoms with Gasteiger partial charge in [-0.25, -0.2) is 10.2 Å².